The first-order valence-electron chi connectivity index (χ1n) is 10.4. The average Bonchev–Trinajstić information content (AvgIpc) is 3.16. The molecule has 1 saturated heterocycles. The minimum atomic E-state index is -0.0246. The summed E-state index contributed by atoms with van der Waals surface area (Å²) >= 11 is 0. The fraction of sp³-hybridized carbons (Fsp3) is 0.417. The molecule has 2 aromatic rings. The Hall–Kier alpha value is -2.46. The Morgan fingerprint density at radius 3 is 2.54 bits per heavy atom. The van der Waals surface area contributed by atoms with Crippen LogP contribution in [0.1, 0.15) is 55.3 Å². The fourth-order valence-electron chi connectivity index (χ4n) is 4.23. The summed E-state index contributed by atoms with van der Waals surface area (Å²) in [4.78, 5) is 15.6. The zero-order valence-electron chi connectivity index (χ0n) is 16.8. The second-order valence-corrected chi connectivity index (χ2v) is 8.10. The van der Waals surface area contributed by atoms with Gasteiger partial charge in [-0.1, -0.05) is 66.6 Å². The average molecular weight is 376 g/mol. The van der Waals surface area contributed by atoms with Gasteiger partial charge in [-0.15, -0.1) is 0 Å². The van der Waals surface area contributed by atoms with Crippen LogP contribution in [0.25, 0.3) is 0 Å². The Morgan fingerprint density at radius 1 is 1.07 bits per heavy atom. The lowest BCUT2D eigenvalue weighted by atomic mass is 9.97. The third kappa shape index (κ3) is 4.02. The van der Waals surface area contributed by atoms with Crippen LogP contribution in [-0.2, 0) is 4.79 Å². The van der Waals surface area contributed by atoms with E-state index in [0.717, 1.165) is 29.8 Å². The largest absolute Gasteiger partial charge is 0.292 e. The van der Waals surface area contributed by atoms with Crippen LogP contribution in [0.2, 0.25) is 0 Å². The maximum absolute atomic E-state index is 13.3. The number of piperidine rings is 1. The molecule has 0 spiro atoms. The van der Waals surface area contributed by atoms with Gasteiger partial charge in [0, 0.05) is 12.5 Å². The predicted octanol–water partition coefficient (Wildman–Crippen LogP) is 4.55. The Kier molecular flexibility index (Phi) is 5.58. The second kappa shape index (κ2) is 8.27. The number of hydrogen-bond donors (Lipinski definition) is 0. The van der Waals surface area contributed by atoms with Gasteiger partial charge in [0.25, 0.3) is 5.91 Å². The zero-order valence-corrected chi connectivity index (χ0v) is 16.8. The molecule has 2 heterocycles. The number of hydrazone groups is 1. The van der Waals surface area contributed by atoms with Crippen molar-refractivity contribution >= 4 is 11.6 Å². The third-order valence-electron chi connectivity index (χ3n) is 6.01. The van der Waals surface area contributed by atoms with Gasteiger partial charge in [0.2, 0.25) is 0 Å². The molecule has 0 bridgehead atoms. The van der Waals surface area contributed by atoms with Crippen molar-refractivity contribution in [2.75, 3.05) is 13.1 Å². The first kappa shape index (κ1) is 18.9. The van der Waals surface area contributed by atoms with Gasteiger partial charge in [-0.2, -0.15) is 5.10 Å². The van der Waals surface area contributed by atoms with E-state index >= 15 is 0 Å². The van der Waals surface area contributed by atoms with Gasteiger partial charge in [-0.3, -0.25) is 9.69 Å². The summed E-state index contributed by atoms with van der Waals surface area (Å²) in [6.45, 7) is 5.78. The molecule has 146 valence electrons. The molecule has 4 rings (SSSR count). The molecule has 4 heteroatoms. The Balaban J connectivity index is 1.60. The molecule has 0 aromatic heterocycles. The molecule has 28 heavy (non-hydrogen) atoms. The van der Waals surface area contributed by atoms with Crippen LogP contribution in [0.4, 0.5) is 0 Å². The molecule has 1 amide bonds. The van der Waals surface area contributed by atoms with Crippen LogP contribution >= 0.6 is 0 Å². The molecule has 0 unspecified atom stereocenters. The maximum atomic E-state index is 13.3. The van der Waals surface area contributed by atoms with Crippen LogP contribution < -0.4 is 0 Å². The second-order valence-electron chi connectivity index (χ2n) is 8.10. The van der Waals surface area contributed by atoms with Crippen LogP contribution in [0.15, 0.2) is 59.7 Å². The van der Waals surface area contributed by atoms with Crippen molar-refractivity contribution in [3.05, 3.63) is 71.3 Å². The number of rotatable bonds is 4. The number of carbonyl (C=O) groups excluding carboxylic acids is 1. The predicted molar refractivity (Wildman–Crippen MR) is 113 cm³/mol. The van der Waals surface area contributed by atoms with Crippen LogP contribution in [0.3, 0.4) is 0 Å². The summed E-state index contributed by atoms with van der Waals surface area (Å²) < 4.78 is 0. The van der Waals surface area contributed by atoms with Gasteiger partial charge < -0.3 is 0 Å². The van der Waals surface area contributed by atoms with E-state index in [4.69, 9.17) is 5.10 Å². The minimum absolute atomic E-state index is 0.0246. The monoisotopic (exact) mass is 375 g/mol. The van der Waals surface area contributed by atoms with Gasteiger partial charge in [-0.05, 0) is 44.4 Å². The van der Waals surface area contributed by atoms with Crippen LogP contribution in [0.5, 0.6) is 0 Å². The smallest absolute Gasteiger partial charge is 0.257 e. The van der Waals surface area contributed by atoms with E-state index in [-0.39, 0.29) is 11.9 Å². The normalized spacial score (nSPS) is 22.9. The van der Waals surface area contributed by atoms with E-state index in [2.05, 4.69) is 55.1 Å². The van der Waals surface area contributed by atoms with Crippen molar-refractivity contribution in [1.29, 1.82) is 0 Å². The summed E-state index contributed by atoms with van der Waals surface area (Å²) in [7, 11) is 0. The minimum Gasteiger partial charge on any atom is -0.292 e. The molecular weight excluding hydrogens is 346 g/mol. The summed E-state index contributed by atoms with van der Waals surface area (Å²) in [5.74, 6) is 0.102. The van der Waals surface area contributed by atoms with Crippen LogP contribution in [0, 0.1) is 6.92 Å². The van der Waals surface area contributed by atoms with Gasteiger partial charge in [0.15, 0.2) is 0 Å². The lowest BCUT2D eigenvalue weighted by molar-refractivity contribution is -0.135. The highest BCUT2D eigenvalue weighted by atomic mass is 16.2. The number of hydrogen-bond acceptors (Lipinski definition) is 3. The fourth-order valence-corrected chi connectivity index (χ4v) is 4.23. The number of carbonyl (C=O) groups is 1. The number of aryl methyl sites for hydroxylation is 1. The maximum Gasteiger partial charge on any atom is 0.257 e. The Labute approximate surface area is 167 Å². The molecule has 1 fully saturated rings. The third-order valence-corrected chi connectivity index (χ3v) is 6.01. The molecule has 2 aromatic carbocycles. The highest BCUT2D eigenvalue weighted by molar-refractivity contribution is 6.03. The topological polar surface area (TPSA) is 35.9 Å². The molecule has 0 radical (unpaired) electrons. The number of likely N-dealkylation sites (tertiary alicyclic amines) is 1. The van der Waals surface area contributed by atoms with Gasteiger partial charge in [0.1, 0.15) is 0 Å². The van der Waals surface area contributed by atoms with Crippen molar-refractivity contribution in [2.45, 2.75) is 51.6 Å². The first-order chi connectivity index (χ1) is 13.6. The van der Waals surface area contributed by atoms with Crippen LogP contribution in [-0.4, -0.2) is 40.7 Å². The molecule has 4 nitrogen and oxygen atoms in total. The van der Waals surface area contributed by atoms with Crippen molar-refractivity contribution in [1.82, 2.24) is 9.91 Å². The van der Waals surface area contributed by atoms with Crippen molar-refractivity contribution in [3.63, 3.8) is 0 Å². The van der Waals surface area contributed by atoms with Crippen molar-refractivity contribution in [2.24, 2.45) is 5.10 Å². The Bertz CT molecular complexity index is 844. The highest BCUT2D eigenvalue weighted by Crippen LogP contribution is 2.33. The quantitative estimate of drug-likeness (QED) is 0.786. The van der Waals surface area contributed by atoms with Crippen molar-refractivity contribution < 1.29 is 4.79 Å². The number of benzene rings is 2. The van der Waals surface area contributed by atoms with E-state index < -0.39 is 0 Å². The van der Waals surface area contributed by atoms with E-state index in [1.54, 1.807) is 5.01 Å². The van der Waals surface area contributed by atoms with E-state index in [0.29, 0.717) is 12.6 Å². The molecule has 2 aliphatic rings. The number of nitrogens with zero attached hydrogens (tertiary/aromatic N) is 3. The molecule has 0 saturated carbocycles. The molecule has 0 aliphatic carbocycles. The van der Waals surface area contributed by atoms with E-state index in [1.807, 2.05) is 18.2 Å². The molecule has 2 atom stereocenters. The SMILES string of the molecule is Cc1ccc([C@H]2CC(c3ccccc3)=NN2C(=O)CN2CCCC[C@H]2C)cc1. The lowest BCUT2D eigenvalue weighted by Crippen LogP contribution is -2.44. The van der Waals surface area contributed by atoms with Gasteiger partial charge in [-0.25, -0.2) is 5.01 Å². The zero-order chi connectivity index (χ0) is 19.5. The molecular formula is C24H29N3O. The van der Waals surface area contributed by atoms with Gasteiger partial charge in [0.05, 0.1) is 18.3 Å². The molecule has 0 N–H and O–H groups in total. The molecule has 2 aliphatic heterocycles. The summed E-state index contributed by atoms with van der Waals surface area (Å²) in [5.41, 5.74) is 4.47. The summed E-state index contributed by atoms with van der Waals surface area (Å²) in [6.07, 6.45) is 4.37. The first-order valence-corrected chi connectivity index (χ1v) is 10.4. The summed E-state index contributed by atoms with van der Waals surface area (Å²) in [6, 6.07) is 19.2. The standard InChI is InChI=1S/C24H29N3O/c1-18-11-13-21(14-12-18)23-16-22(20-9-4-3-5-10-20)25-27(23)24(28)17-26-15-7-6-8-19(26)2/h3-5,9-14,19,23H,6-8,15-17H2,1-2H3/t19-,23-/m1/s1. The van der Waals surface area contributed by atoms with E-state index in [9.17, 15) is 4.79 Å². The highest BCUT2D eigenvalue weighted by Gasteiger charge is 2.34. The Morgan fingerprint density at radius 2 is 1.82 bits per heavy atom. The van der Waals surface area contributed by atoms with Gasteiger partial charge >= 0.3 is 0 Å². The summed E-state index contributed by atoms with van der Waals surface area (Å²) in [5, 5.41) is 6.55. The number of amides is 1. The van der Waals surface area contributed by atoms with E-state index in [1.165, 1.54) is 24.8 Å². The lowest BCUT2D eigenvalue weighted by Gasteiger charge is -2.34. The van der Waals surface area contributed by atoms with Crippen molar-refractivity contribution in [3.8, 4) is 0 Å².